The third-order valence-electron chi connectivity index (χ3n) is 8.91. The smallest absolute Gasteiger partial charge is 0.154 e. The highest BCUT2D eigenvalue weighted by molar-refractivity contribution is 5.88. The highest BCUT2D eigenvalue weighted by Crippen LogP contribution is 2.56. The van der Waals surface area contributed by atoms with E-state index in [0.29, 0.717) is 34.4 Å². The molecule has 5 N–H and O–H groups in total. The fourth-order valence-corrected chi connectivity index (χ4v) is 6.77. The number of fused-ring (bicyclic) bond motifs is 3. The van der Waals surface area contributed by atoms with E-state index in [0.717, 1.165) is 11.4 Å². The van der Waals surface area contributed by atoms with Gasteiger partial charge in [0.05, 0.1) is 11.1 Å². The van der Waals surface area contributed by atoms with E-state index in [-0.39, 0.29) is 0 Å². The molecule has 7 aromatic rings. The second kappa shape index (κ2) is 12.0. The van der Waals surface area contributed by atoms with Crippen molar-refractivity contribution in [3.05, 3.63) is 192 Å². The topological polar surface area (TPSA) is 82.5 Å². The first kappa shape index (κ1) is 29.0. The van der Waals surface area contributed by atoms with E-state index >= 15 is 0 Å². The van der Waals surface area contributed by atoms with Crippen LogP contribution in [0, 0.1) is 0 Å². The predicted octanol–water partition coefficient (Wildman–Crippen LogP) is 10.5. The lowest BCUT2D eigenvalue weighted by atomic mass is 9.67. The monoisotopic (exact) mass is 623 g/mol. The molecule has 1 aliphatic carbocycles. The van der Waals surface area contributed by atoms with Crippen LogP contribution in [0.4, 0.5) is 22.7 Å². The Labute approximate surface area is 280 Å². The molecule has 0 amide bonds. The molecular formula is C43H33N3O2. The van der Waals surface area contributed by atoms with Gasteiger partial charge in [0, 0.05) is 23.1 Å². The van der Waals surface area contributed by atoms with Crippen molar-refractivity contribution in [1.82, 2.24) is 0 Å². The third kappa shape index (κ3) is 5.17. The summed E-state index contributed by atoms with van der Waals surface area (Å²) in [6.45, 7) is 0. The average Bonchev–Trinajstić information content (AvgIpc) is 3.42. The number of hydrogen-bond donors (Lipinski definition) is 3. The number of ether oxygens (including phenoxy) is 2. The number of anilines is 4. The highest BCUT2D eigenvalue weighted by atomic mass is 16.5. The van der Waals surface area contributed by atoms with Crippen LogP contribution in [0.3, 0.4) is 0 Å². The van der Waals surface area contributed by atoms with Gasteiger partial charge in [-0.2, -0.15) is 0 Å². The lowest BCUT2D eigenvalue weighted by Gasteiger charge is -2.34. The quantitative estimate of drug-likeness (QED) is 0.147. The summed E-state index contributed by atoms with van der Waals surface area (Å²) in [5.41, 5.74) is 21.8. The largest absolute Gasteiger partial charge is 0.457 e. The first-order valence-electron chi connectivity index (χ1n) is 15.9. The van der Waals surface area contributed by atoms with Crippen molar-refractivity contribution in [2.75, 3.05) is 16.8 Å². The molecule has 1 aliphatic rings. The van der Waals surface area contributed by atoms with Gasteiger partial charge in [-0.05, 0) is 106 Å². The van der Waals surface area contributed by atoms with Gasteiger partial charge in [0.2, 0.25) is 0 Å². The molecule has 0 spiro atoms. The van der Waals surface area contributed by atoms with Crippen molar-refractivity contribution in [2.24, 2.45) is 0 Å². The van der Waals surface area contributed by atoms with Crippen LogP contribution in [0.1, 0.15) is 22.3 Å². The normalized spacial score (nSPS) is 12.5. The summed E-state index contributed by atoms with van der Waals surface area (Å²) in [7, 11) is 0. The van der Waals surface area contributed by atoms with E-state index in [1.165, 1.54) is 33.4 Å². The SMILES string of the molecule is Nc1ccc(Oc2ccc(Nc3ccc4c(c3)C(c3ccccc3)(c3ccccc3)c3ccccc3-4)c(Oc3ccc(N)cc3)c2)cc1. The minimum atomic E-state index is -0.494. The van der Waals surface area contributed by atoms with E-state index in [1.54, 1.807) is 0 Å². The number of nitrogens with one attached hydrogen (secondary N) is 1. The van der Waals surface area contributed by atoms with Crippen molar-refractivity contribution >= 4 is 22.7 Å². The summed E-state index contributed by atoms with van der Waals surface area (Å²) >= 11 is 0. The molecule has 0 radical (unpaired) electrons. The Hall–Kier alpha value is -6.46. The summed E-state index contributed by atoms with van der Waals surface area (Å²) in [6.07, 6.45) is 0. The molecule has 7 aromatic carbocycles. The minimum absolute atomic E-state index is 0.494. The standard InChI is InChI=1S/C43H33N3O2/c44-31-15-20-34(21-16-31)47-36-24-26-41(42(28-36)48-35-22-17-32(45)18-23-35)46-33-19-25-38-37-13-7-8-14-39(37)43(40(38)27-33,29-9-3-1-4-10-29)30-11-5-2-6-12-30/h1-28,46H,44-45H2. The van der Waals surface area contributed by atoms with Gasteiger partial charge in [0.25, 0.3) is 0 Å². The molecule has 0 bridgehead atoms. The molecule has 5 heteroatoms. The van der Waals surface area contributed by atoms with Gasteiger partial charge in [-0.1, -0.05) is 91.0 Å². The molecule has 8 rings (SSSR count). The van der Waals surface area contributed by atoms with Crippen molar-refractivity contribution in [3.63, 3.8) is 0 Å². The highest BCUT2D eigenvalue weighted by Gasteiger charge is 2.46. The van der Waals surface area contributed by atoms with Crippen molar-refractivity contribution in [2.45, 2.75) is 5.41 Å². The van der Waals surface area contributed by atoms with Crippen molar-refractivity contribution in [3.8, 4) is 34.1 Å². The second-order valence-corrected chi connectivity index (χ2v) is 11.9. The van der Waals surface area contributed by atoms with Gasteiger partial charge in [-0.15, -0.1) is 0 Å². The molecule has 0 saturated carbocycles. The fraction of sp³-hybridized carbons (Fsp3) is 0.0233. The van der Waals surface area contributed by atoms with Gasteiger partial charge < -0.3 is 26.3 Å². The number of nitrogen functional groups attached to an aromatic ring is 2. The first-order valence-corrected chi connectivity index (χ1v) is 15.9. The molecule has 48 heavy (non-hydrogen) atoms. The Morgan fingerprint density at radius 2 is 0.979 bits per heavy atom. The molecule has 0 unspecified atom stereocenters. The minimum Gasteiger partial charge on any atom is -0.457 e. The lowest BCUT2D eigenvalue weighted by Crippen LogP contribution is -2.28. The maximum atomic E-state index is 6.44. The molecule has 232 valence electrons. The second-order valence-electron chi connectivity index (χ2n) is 11.9. The first-order chi connectivity index (χ1) is 23.6. The lowest BCUT2D eigenvalue weighted by molar-refractivity contribution is 0.462. The average molecular weight is 624 g/mol. The number of rotatable bonds is 8. The van der Waals surface area contributed by atoms with E-state index in [1.807, 2.05) is 66.7 Å². The van der Waals surface area contributed by atoms with Crippen LogP contribution >= 0.6 is 0 Å². The van der Waals surface area contributed by atoms with Gasteiger partial charge in [0.1, 0.15) is 17.2 Å². The van der Waals surface area contributed by atoms with Crippen LogP contribution in [-0.2, 0) is 5.41 Å². The Morgan fingerprint density at radius 1 is 0.438 bits per heavy atom. The number of benzene rings is 7. The van der Waals surface area contributed by atoms with E-state index in [2.05, 4.69) is 108 Å². The summed E-state index contributed by atoms with van der Waals surface area (Å²) in [6, 6.07) is 57.4. The van der Waals surface area contributed by atoms with Crippen LogP contribution in [0.25, 0.3) is 11.1 Å². The Balaban J connectivity index is 1.24. The number of hydrogen-bond acceptors (Lipinski definition) is 5. The Bertz CT molecular complexity index is 2180. The molecule has 0 atom stereocenters. The van der Waals surface area contributed by atoms with Gasteiger partial charge >= 0.3 is 0 Å². The maximum absolute atomic E-state index is 6.44. The van der Waals surface area contributed by atoms with Gasteiger partial charge in [0.15, 0.2) is 5.75 Å². The summed E-state index contributed by atoms with van der Waals surface area (Å²) < 4.78 is 12.6. The molecule has 0 heterocycles. The van der Waals surface area contributed by atoms with Crippen LogP contribution in [0.2, 0.25) is 0 Å². The molecular weight excluding hydrogens is 590 g/mol. The van der Waals surface area contributed by atoms with Gasteiger partial charge in [-0.25, -0.2) is 0 Å². The van der Waals surface area contributed by atoms with Crippen molar-refractivity contribution < 1.29 is 9.47 Å². The zero-order chi connectivity index (χ0) is 32.5. The van der Waals surface area contributed by atoms with Gasteiger partial charge in [-0.3, -0.25) is 0 Å². The van der Waals surface area contributed by atoms with Crippen LogP contribution in [-0.4, -0.2) is 0 Å². The predicted molar refractivity (Wildman–Crippen MR) is 195 cm³/mol. The van der Waals surface area contributed by atoms with Crippen LogP contribution in [0.5, 0.6) is 23.0 Å². The van der Waals surface area contributed by atoms with E-state index < -0.39 is 5.41 Å². The van der Waals surface area contributed by atoms with E-state index in [9.17, 15) is 0 Å². The molecule has 0 saturated heterocycles. The number of nitrogens with two attached hydrogens (primary N) is 2. The molecule has 0 aromatic heterocycles. The van der Waals surface area contributed by atoms with Crippen molar-refractivity contribution in [1.29, 1.82) is 0 Å². The Morgan fingerprint density at radius 3 is 1.62 bits per heavy atom. The summed E-state index contributed by atoms with van der Waals surface area (Å²) in [5, 5.41) is 3.68. The van der Waals surface area contributed by atoms with E-state index in [4.69, 9.17) is 20.9 Å². The van der Waals surface area contributed by atoms with Crippen LogP contribution < -0.4 is 26.3 Å². The zero-order valence-electron chi connectivity index (χ0n) is 26.1. The zero-order valence-corrected chi connectivity index (χ0v) is 26.1. The molecule has 0 aliphatic heterocycles. The Kier molecular flexibility index (Phi) is 7.27. The van der Waals surface area contributed by atoms with Crippen LogP contribution in [0.15, 0.2) is 170 Å². The summed E-state index contributed by atoms with van der Waals surface area (Å²) in [4.78, 5) is 0. The molecule has 0 fully saturated rings. The third-order valence-corrected chi connectivity index (χ3v) is 8.91. The maximum Gasteiger partial charge on any atom is 0.154 e. The molecule has 5 nitrogen and oxygen atoms in total. The fourth-order valence-electron chi connectivity index (χ4n) is 6.77. The summed E-state index contributed by atoms with van der Waals surface area (Å²) in [5.74, 6) is 2.58.